The van der Waals surface area contributed by atoms with Crippen LogP contribution in [0, 0.1) is 0 Å². The highest BCUT2D eigenvalue weighted by atomic mass is 16.4. The zero-order valence-electron chi connectivity index (χ0n) is 7.14. The van der Waals surface area contributed by atoms with Gasteiger partial charge in [0.2, 0.25) is 0 Å². The summed E-state index contributed by atoms with van der Waals surface area (Å²) >= 11 is 0. The van der Waals surface area contributed by atoms with Gasteiger partial charge in [0, 0.05) is 6.54 Å². The fourth-order valence-corrected chi connectivity index (χ4v) is 1.30. The number of hydrogen-bond donors (Lipinski definition) is 5. The maximum atomic E-state index is 10.7. The number of piperidine rings is 1. The molecule has 0 aromatic carbocycles. The molecule has 0 saturated carbocycles. The van der Waals surface area contributed by atoms with Crippen molar-refractivity contribution in [2.45, 2.75) is 30.8 Å². The second kappa shape index (κ2) is 3.22. The number of hydrogen-bond acceptors (Lipinski definition) is 5. The molecular formula is C7H13NO5. The van der Waals surface area contributed by atoms with Gasteiger partial charge in [-0.15, -0.1) is 0 Å². The van der Waals surface area contributed by atoms with E-state index in [-0.39, 0.29) is 6.54 Å². The molecule has 1 heterocycles. The molecule has 5 N–H and O–H groups in total. The Bertz CT molecular complexity index is 221. The Balaban J connectivity index is 2.85. The first kappa shape index (κ1) is 10.4. The Morgan fingerprint density at radius 1 is 1.46 bits per heavy atom. The van der Waals surface area contributed by atoms with Crippen LogP contribution in [0.15, 0.2) is 0 Å². The second-order valence-electron chi connectivity index (χ2n) is 3.39. The number of rotatable bonds is 1. The maximum absolute atomic E-state index is 10.7. The number of aliphatic carboxylic acids is 1. The highest BCUT2D eigenvalue weighted by Crippen LogP contribution is 2.20. The number of β-amino-alcohol motifs (C(OH)–C–C–N with tert-alkyl or cyclic N) is 1. The van der Waals surface area contributed by atoms with E-state index in [1.54, 1.807) is 0 Å². The maximum Gasteiger partial charge on any atom is 0.326 e. The van der Waals surface area contributed by atoms with E-state index in [2.05, 4.69) is 5.32 Å². The van der Waals surface area contributed by atoms with E-state index < -0.39 is 29.8 Å². The van der Waals surface area contributed by atoms with Gasteiger partial charge < -0.3 is 20.4 Å². The summed E-state index contributed by atoms with van der Waals surface area (Å²) in [5.74, 6) is -1.26. The summed E-state index contributed by atoms with van der Waals surface area (Å²) in [5, 5.41) is 38.9. The second-order valence-corrected chi connectivity index (χ2v) is 3.39. The minimum atomic E-state index is -1.60. The van der Waals surface area contributed by atoms with Gasteiger partial charge in [0.25, 0.3) is 0 Å². The first-order chi connectivity index (χ1) is 5.89. The molecule has 0 bridgehead atoms. The Labute approximate surface area is 74.8 Å². The van der Waals surface area contributed by atoms with Crippen molar-refractivity contribution in [3.8, 4) is 0 Å². The van der Waals surface area contributed by atoms with Gasteiger partial charge in [-0.1, -0.05) is 0 Å². The number of aliphatic hydroxyl groups excluding tert-OH is 3. The lowest BCUT2D eigenvalue weighted by molar-refractivity contribution is -0.165. The van der Waals surface area contributed by atoms with Crippen molar-refractivity contribution in [2.75, 3.05) is 6.54 Å². The predicted octanol–water partition coefficient (Wildman–Crippen LogP) is -2.48. The molecule has 0 radical (unpaired) electrons. The van der Waals surface area contributed by atoms with Crippen molar-refractivity contribution >= 4 is 5.97 Å². The summed E-state index contributed by atoms with van der Waals surface area (Å²) in [4.78, 5) is 10.7. The van der Waals surface area contributed by atoms with Crippen molar-refractivity contribution < 1.29 is 25.2 Å². The lowest BCUT2D eigenvalue weighted by Crippen LogP contribution is -2.69. The van der Waals surface area contributed by atoms with Crippen LogP contribution in [0.2, 0.25) is 0 Å². The van der Waals surface area contributed by atoms with Crippen LogP contribution in [-0.2, 0) is 4.79 Å². The average molecular weight is 191 g/mol. The third kappa shape index (κ3) is 1.53. The summed E-state index contributed by atoms with van der Waals surface area (Å²) in [6, 6.07) is 0. The molecule has 0 unspecified atom stereocenters. The Morgan fingerprint density at radius 3 is 2.46 bits per heavy atom. The Kier molecular flexibility index (Phi) is 2.58. The molecule has 0 aromatic rings. The van der Waals surface area contributed by atoms with Crippen molar-refractivity contribution in [3.05, 3.63) is 0 Å². The number of nitrogens with one attached hydrogen (secondary N) is 1. The third-order valence-corrected chi connectivity index (χ3v) is 2.43. The van der Waals surface area contributed by atoms with E-state index in [1.165, 1.54) is 6.92 Å². The molecule has 1 aliphatic heterocycles. The van der Waals surface area contributed by atoms with Gasteiger partial charge in [0.1, 0.15) is 17.7 Å². The summed E-state index contributed by atoms with van der Waals surface area (Å²) < 4.78 is 0. The van der Waals surface area contributed by atoms with Crippen molar-refractivity contribution in [2.24, 2.45) is 0 Å². The van der Waals surface area contributed by atoms with E-state index in [1.807, 2.05) is 0 Å². The van der Waals surface area contributed by atoms with Gasteiger partial charge in [-0.05, 0) is 6.92 Å². The number of carboxylic acid groups (broad SMARTS) is 1. The highest BCUT2D eigenvalue weighted by Gasteiger charge is 2.49. The van der Waals surface area contributed by atoms with Crippen LogP contribution >= 0.6 is 0 Å². The zero-order chi connectivity index (χ0) is 10.2. The van der Waals surface area contributed by atoms with Crippen molar-refractivity contribution in [1.29, 1.82) is 0 Å². The highest BCUT2D eigenvalue weighted by molar-refractivity contribution is 5.79. The fraction of sp³-hybridized carbons (Fsp3) is 0.857. The van der Waals surface area contributed by atoms with E-state index in [0.29, 0.717) is 0 Å². The third-order valence-electron chi connectivity index (χ3n) is 2.43. The molecule has 0 aliphatic carbocycles. The fourth-order valence-electron chi connectivity index (χ4n) is 1.30. The molecule has 76 valence electrons. The molecule has 1 aliphatic rings. The predicted molar refractivity (Wildman–Crippen MR) is 42.1 cm³/mol. The van der Waals surface area contributed by atoms with E-state index >= 15 is 0 Å². The zero-order valence-corrected chi connectivity index (χ0v) is 7.14. The van der Waals surface area contributed by atoms with Crippen molar-refractivity contribution in [3.63, 3.8) is 0 Å². The first-order valence-corrected chi connectivity index (χ1v) is 3.92. The van der Waals surface area contributed by atoms with Crippen LogP contribution in [0.3, 0.4) is 0 Å². The quantitative estimate of drug-likeness (QED) is 0.314. The smallest absolute Gasteiger partial charge is 0.326 e. The van der Waals surface area contributed by atoms with E-state index in [4.69, 9.17) is 10.2 Å². The molecule has 4 atom stereocenters. The molecule has 0 spiro atoms. The van der Waals surface area contributed by atoms with Gasteiger partial charge >= 0.3 is 5.97 Å². The minimum absolute atomic E-state index is 0.0545. The number of carboxylic acids is 1. The molecule has 0 amide bonds. The van der Waals surface area contributed by atoms with Crippen LogP contribution in [-0.4, -0.2) is 56.8 Å². The number of aliphatic hydroxyl groups is 3. The van der Waals surface area contributed by atoms with Gasteiger partial charge in [0.15, 0.2) is 0 Å². The molecule has 0 aromatic heterocycles. The summed E-state index contributed by atoms with van der Waals surface area (Å²) in [6.07, 6.45) is -4.08. The van der Waals surface area contributed by atoms with Gasteiger partial charge in [0.05, 0.1) is 6.10 Å². The molecular weight excluding hydrogens is 178 g/mol. The standard InChI is InChI=1S/C7H13NO5/c1-7(6(12)13)5(11)4(10)3(9)2-8-7/h3-5,8-11H,2H2,1H3,(H,12,13)/t3-,4+,5+,7+/m1/s1. The van der Waals surface area contributed by atoms with Crippen LogP contribution in [0.25, 0.3) is 0 Å². The van der Waals surface area contributed by atoms with Crippen LogP contribution in [0.1, 0.15) is 6.92 Å². The SMILES string of the molecule is C[C@]1(C(=O)O)NC[C@@H](O)[C@H](O)[C@@H]1O. The Hall–Kier alpha value is -0.690. The van der Waals surface area contributed by atoms with Gasteiger partial charge in [-0.3, -0.25) is 10.1 Å². The largest absolute Gasteiger partial charge is 0.480 e. The van der Waals surface area contributed by atoms with E-state index in [9.17, 15) is 15.0 Å². The molecule has 1 rings (SSSR count). The lowest BCUT2D eigenvalue weighted by Gasteiger charge is -2.41. The van der Waals surface area contributed by atoms with Gasteiger partial charge in [-0.2, -0.15) is 0 Å². The van der Waals surface area contributed by atoms with E-state index in [0.717, 1.165) is 0 Å². The van der Waals surface area contributed by atoms with Gasteiger partial charge in [-0.25, -0.2) is 0 Å². The monoisotopic (exact) mass is 191 g/mol. The molecule has 13 heavy (non-hydrogen) atoms. The van der Waals surface area contributed by atoms with Crippen molar-refractivity contribution in [1.82, 2.24) is 5.32 Å². The Morgan fingerprint density at radius 2 is 2.00 bits per heavy atom. The number of carbonyl (C=O) groups is 1. The molecule has 6 nitrogen and oxygen atoms in total. The molecule has 1 saturated heterocycles. The normalized spacial score (nSPS) is 46.0. The summed E-state index contributed by atoms with van der Waals surface area (Å²) in [7, 11) is 0. The lowest BCUT2D eigenvalue weighted by atomic mass is 9.84. The minimum Gasteiger partial charge on any atom is -0.480 e. The summed E-state index contributed by atoms with van der Waals surface area (Å²) in [5.41, 5.74) is -1.60. The topological polar surface area (TPSA) is 110 Å². The van der Waals surface area contributed by atoms with Crippen LogP contribution < -0.4 is 5.32 Å². The average Bonchev–Trinajstić information content (AvgIpc) is 2.08. The van der Waals surface area contributed by atoms with Crippen LogP contribution in [0.4, 0.5) is 0 Å². The summed E-state index contributed by atoms with van der Waals surface area (Å²) in [6.45, 7) is 1.20. The van der Waals surface area contributed by atoms with Crippen LogP contribution in [0.5, 0.6) is 0 Å². The molecule has 6 heteroatoms. The first-order valence-electron chi connectivity index (χ1n) is 3.92. The molecule has 1 fully saturated rings.